The van der Waals surface area contributed by atoms with E-state index in [1.807, 2.05) is 36.4 Å². The molecule has 1 amide bonds. The summed E-state index contributed by atoms with van der Waals surface area (Å²) in [5, 5.41) is 0. The highest BCUT2D eigenvalue weighted by molar-refractivity contribution is 5.92. The number of fused-ring (bicyclic) bond motifs is 2. The maximum absolute atomic E-state index is 12.8. The Labute approximate surface area is 201 Å². The summed E-state index contributed by atoms with van der Waals surface area (Å²) in [5.41, 5.74) is 2.44. The van der Waals surface area contributed by atoms with Crippen molar-refractivity contribution in [1.82, 2.24) is 14.8 Å². The second kappa shape index (κ2) is 9.47. The average molecular weight is 479 g/mol. The molecule has 2 aromatic carbocycles. The lowest BCUT2D eigenvalue weighted by Crippen LogP contribution is -2.40. The SMILES string of the molecule is O=C(c1coc(CN(Cc2ccc3c(c2)OCO3)Cc2ccc3c(c2)OCO3)n1)N1CCOCC1. The summed E-state index contributed by atoms with van der Waals surface area (Å²) in [4.78, 5) is 21.2. The number of aromatic nitrogens is 1. The van der Waals surface area contributed by atoms with E-state index in [1.165, 1.54) is 6.26 Å². The standard InChI is InChI=1S/C25H25N3O7/c29-25(28-5-7-30-8-6-28)19-14-31-24(26-19)13-27(11-17-1-3-20-22(9-17)34-15-32-20)12-18-2-4-21-23(10-18)35-16-33-21/h1-4,9-10,14H,5-8,11-13,15-16H2. The molecule has 1 saturated heterocycles. The van der Waals surface area contributed by atoms with Gasteiger partial charge in [0.05, 0.1) is 19.8 Å². The molecule has 0 radical (unpaired) electrons. The molecule has 0 unspecified atom stereocenters. The van der Waals surface area contributed by atoms with E-state index in [0.717, 1.165) is 34.1 Å². The molecule has 0 saturated carbocycles. The molecule has 1 fully saturated rings. The fraction of sp³-hybridized carbons (Fsp3) is 0.360. The van der Waals surface area contributed by atoms with Crippen LogP contribution in [0, 0.1) is 0 Å². The average Bonchev–Trinajstić information content (AvgIpc) is 3.64. The molecular formula is C25H25N3O7. The van der Waals surface area contributed by atoms with Crippen LogP contribution in [-0.4, -0.2) is 60.6 Å². The van der Waals surface area contributed by atoms with Gasteiger partial charge in [0, 0.05) is 26.2 Å². The maximum Gasteiger partial charge on any atom is 0.275 e. The Morgan fingerprint density at radius 3 is 2.06 bits per heavy atom. The molecule has 3 aliphatic heterocycles. The molecule has 3 aliphatic rings. The number of nitrogens with zero attached hydrogens (tertiary/aromatic N) is 3. The molecule has 0 atom stereocenters. The maximum atomic E-state index is 12.8. The van der Waals surface area contributed by atoms with E-state index in [2.05, 4.69) is 9.88 Å². The largest absolute Gasteiger partial charge is 0.454 e. The lowest BCUT2D eigenvalue weighted by Gasteiger charge is -2.25. The lowest BCUT2D eigenvalue weighted by atomic mass is 10.1. The van der Waals surface area contributed by atoms with Crippen LogP contribution >= 0.6 is 0 Å². The molecule has 0 N–H and O–H groups in total. The molecule has 3 aromatic rings. The van der Waals surface area contributed by atoms with Gasteiger partial charge >= 0.3 is 0 Å². The summed E-state index contributed by atoms with van der Waals surface area (Å²) in [6, 6.07) is 11.8. The molecule has 0 aliphatic carbocycles. The first-order valence-corrected chi connectivity index (χ1v) is 11.5. The van der Waals surface area contributed by atoms with Crippen molar-refractivity contribution in [3.05, 3.63) is 65.4 Å². The highest BCUT2D eigenvalue weighted by Crippen LogP contribution is 2.34. The van der Waals surface area contributed by atoms with Crippen LogP contribution in [0.1, 0.15) is 27.5 Å². The summed E-state index contributed by atoms with van der Waals surface area (Å²) in [7, 11) is 0. The summed E-state index contributed by atoms with van der Waals surface area (Å²) in [6.45, 7) is 4.29. The minimum absolute atomic E-state index is 0.138. The number of ether oxygens (including phenoxy) is 5. The van der Waals surface area contributed by atoms with Crippen molar-refractivity contribution in [3.8, 4) is 23.0 Å². The number of hydrogen-bond acceptors (Lipinski definition) is 9. The molecule has 6 rings (SSSR count). The number of benzene rings is 2. The molecule has 10 heteroatoms. The van der Waals surface area contributed by atoms with Gasteiger partial charge in [-0.3, -0.25) is 9.69 Å². The van der Waals surface area contributed by atoms with Crippen molar-refractivity contribution in [2.75, 3.05) is 39.9 Å². The summed E-state index contributed by atoms with van der Waals surface area (Å²) < 4.78 is 33.0. The number of carbonyl (C=O) groups is 1. The van der Waals surface area contributed by atoms with Gasteiger partial charge in [0.25, 0.3) is 5.91 Å². The van der Waals surface area contributed by atoms with Gasteiger partial charge < -0.3 is 33.0 Å². The zero-order valence-corrected chi connectivity index (χ0v) is 19.1. The minimum Gasteiger partial charge on any atom is -0.454 e. The van der Waals surface area contributed by atoms with Crippen molar-refractivity contribution in [2.45, 2.75) is 19.6 Å². The Balaban J connectivity index is 1.21. The third-order valence-electron chi connectivity index (χ3n) is 6.11. The molecule has 0 spiro atoms. The third-order valence-corrected chi connectivity index (χ3v) is 6.11. The zero-order chi connectivity index (χ0) is 23.6. The highest BCUT2D eigenvalue weighted by Gasteiger charge is 2.23. The first-order valence-electron chi connectivity index (χ1n) is 11.5. The van der Waals surface area contributed by atoms with E-state index in [-0.39, 0.29) is 19.5 Å². The zero-order valence-electron chi connectivity index (χ0n) is 19.1. The Bertz CT molecular complexity index is 1160. The predicted octanol–water partition coefficient (Wildman–Crippen LogP) is 2.81. The van der Waals surface area contributed by atoms with Crippen LogP contribution in [0.15, 0.2) is 47.1 Å². The van der Waals surface area contributed by atoms with E-state index in [1.54, 1.807) is 4.90 Å². The molecule has 10 nitrogen and oxygen atoms in total. The fourth-order valence-electron chi connectivity index (χ4n) is 4.36. The minimum atomic E-state index is -0.138. The van der Waals surface area contributed by atoms with E-state index >= 15 is 0 Å². The van der Waals surface area contributed by atoms with Gasteiger partial charge in [0.1, 0.15) is 6.26 Å². The molecule has 0 bridgehead atoms. The van der Waals surface area contributed by atoms with Crippen molar-refractivity contribution in [2.24, 2.45) is 0 Å². The van der Waals surface area contributed by atoms with Crippen LogP contribution in [0.5, 0.6) is 23.0 Å². The van der Waals surface area contributed by atoms with Gasteiger partial charge in [0.15, 0.2) is 28.7 Å². The number of rotatable bonds is 7. The van der Waals surface area contributed by atoms with Crippen LogP contribution < -0.4 is 18.9 Å². The van der Waals surface area contributed by atoms with Gasteiger partial charge in [0.2, 0.25) is 19.5 Å². The normalized spacial score (nSPS) is 16.2. The molecule has 1 aromatic heterocycles. The van der Waals surface area contributed by atoms with Gasteiger partial charge in [-0.1, -0.05) is 12.1 Å². The Morgan fingerprint density at radius 2 is 1.43 bits per heavy atom. The Morgan fingerprint density at radius 1 is 0.829 bits per heavy atom. The second-order valence-corrected chi connectivity index (χ2v) is 8.55. The topological polar surface area (TPSA) is 95.7 Å². The summed E-state index contributed by atoms with van der Waals surface area (Å²) in [6.07, 6.45) is 1.44. The smallest absolute Gasteiger partial charge is 0.275 e. The van der Waals surface area contributed by atoms with E-state index in [9.17, 15) is 4.79 Å². The molecule has 35 heavy (non-hydrogen) atoms. The first-order chi connectivity index (χ1) is 17.2. The van der Waals surface area contributed by atoms with Crippen LogP contribution in [0.2, 0.25) is 0 Å². The number of hydrogen-bond donors (Lipinski definition) is 0. The van der Waals surface area contributed by atoms with Gasteiger partial charge in [-0.25, -0.2) is 4.98 Å². The van der Waals surface area contributed by atoms with Crippen molar-refractivity contribution >= 4 is 5.91 Å². The van der Waals surface area contributed by atoms with E-state index in [4.69, 9.17) is 28.1 Å². The van der Waals surface area contributed by atoms with E-state index in [0.29, 0.717) is 57.5 Å². The summed E-state index contributed by atoms with van der Waals surface area (Å²) >= 11 is 0. The second-order valence-electron chi connectivity index (χ2n) is 8.55. The van der Waals surface area contributed by atoms with Crippen LogP contribution in [0.3, 0.4) is 0 Å². The fourth-order valence-corrected chi connectivity index (χ4v) is 4.36. The quantitative estimate of drug-likeness (QED) is 0.507. The number of morpholine rings is 1. The van der Waals surface area contributed by atoms with Crippen molar-refractivity contribution < 1.29 is 32.9 Å². The molecule has 182 valence electrons. The Hall–Kier alpha value is -3.76. The van der Waals surface area contributed by atoms with Crippen molar-refractivity contribution in [3.63, 3.8) is 0 Å². The number of carbonyl (C=O) groups excluding carboxylic acids is 1. The van der Waals surface area contributed by atoms with Crippen LogP contribution in [0.25, 0.3) is 0 Å². The number of amides is 1. The first kappa shape index (κ1) is 21.8. The van der Waals surface area contributed by atoms with Crippen LogP contribution in [0.4, 0.5) is 0 Å². The third kappa shape index (κ3) is 4.75. The molecular weight excluding hydrogens is 454 g/mol. The van der Waals surface area contributed by atoms with Gasteiger partial charge in [-0.05, 0) is 35.4 Å². The summed E-state index contributed by atoms with van der Waals surface area (Å²) in [5.74, 6) is 3.30. The number of oxazole rings is 1. The highest BCUT2D eigenvalue weighted by atomic mass is 16.7. The lowest BCUT2D eigenvalue weighted by molar-refractivity contribution is 0.0299. The van der Waals surface area contributed by atoms with Crippen molar-refractivity contribution in [1.29, 1.82) is 0 Å². The molecule has 4 heterocycles. The van der Waals surface area contributed by atoms with Crippen LogP contribution in [-0.2, 0) is 24.4 Å². The Kier molecular flexibility index (Phi) is 5.89. The van der Waals surface area contributed by atoms with Gasteiger partial charge in [-0.15, -0.1) is 0 Å². The monoisotopic (exact) mass is 479 g/mol. The predicted molar refractivity (Wildman–Crippen MR) is 121 cm³/mol. The van der Waals surface area contributed by atoms with Gasteiger partial charge in [-0.2, -0.15) is 0 Å². The van der Waals surface area contributed by atoms with E-state index < -0.39 is 0 Å².